The molecule has 0 radical (unpaired) electrons. The van der Waals surface area contributed by atoms with Gasteiger partial charge in [0.05, 0.1) is 12.6 Å². The van der Waals surface area contributed by atoms with Gasteiger partial charge < -0.3 is 15.3 Å². The quantitative estimate of drug-likeness (QED) is 0.520. The Morgan fingerprint density at radius 2 is 1.26 bits per heavy atom. The van der Waals surface area contributed by atoms with E-state index in [4.69, 9.17) is 0 Å². The number of imide groups is 1. The summed E-state index contributed by atoms with van der Waals surface area (Å²) in [7, 11) is 0. The topological polar surface area (TPSA) is 76.1 Å². The number of anilines is 1. The van der Waals surface area contributed by atoms with Crippen molar-refractivity contribution >= 4 is 17.6 Å². The van der Waals surface area contributed by atoms with Crippen LogP contribution >= 0.6 is 0 Å². The van der Waals surface area contributed by atoms with Gasteiger partial charge in [0.25, 0.3) is 5.91 Å². The summed E-state index contributed by atoms with van der Waals surface area (Å²) >= 11 is 0. The maximum absolute atomic E-state index is 13.8. The van der Waals surface area contributed by atoms with Crippen molar-refractivity contribution in [1.29, 1.82) is 0 Å². The molecule has 5 rings (SSSR count). The van der Waals surface area contributed by atoms with Gasteiger partial charge in [0.15, 0.2) is 5.54 Å². The largest absolute Gasteiger partial charge is 0.390 e. The lowest BCUT2D eigenvalue weighted by atomic mass is 9.82. The smallest absolute Gasteiger partial charge is 0.325 e. The minimum atomic E-state index is -1.30. The van der Waals surface area contributed by atoms with Crippen LogP contribution in [0.25, 0.3) is 0 Å². The lowest BCUT2D eigenvalue weighted by molar-refractivity contribution is -0.131. The van der Waals surface area contributed by atoms with Crippen LogP contribution in [0, 0.1) is 0 Å². The molecule has 2 saturated heterocycles. The highest BCUT2D eigenvalue weighted by Gasteiger charge is 2.53. The van der Waals surface area contributed by atoms with Crippen molar-refractivity contribution in [3.8, 4) is 0 Å². The van der Waals surface area contributed by atoms with Crippen molar-refractivity contribution in [2.75, 3.05) is 44.2 Å². The Labute approximate surface area is 205 Å². The number of nitrogens with zero attached hydrogens (tertiary/aromatic N) is 3. The molecule has 2 aliphatic heterocycles. The van der Waals surface area contributed by atoms with E-state index in [-0.39, 0.29) is 12.5 Å². The second-order valence-corrected chi connectivity index (χ2v) is 9.10. The van der Waals surface area contributed by atoms with Gasteiger partial charge >= 0.3 is 6.03 Å². The molecule has 7 heteroatoms. The van der Waals surface area contributed by atoms with Crippen molar-refractivity contribution in [3.63, 3.8) is 0 Å². The van der Waals surface area contributed by atoms with E-state index in [9.17, 15) is 14.7 Å². The van der Waals surface area contributed by atoms with E-state index in [2.05, 4.69) is 27.2 Å². The number of benzene rings is 3. The molecule has 0 saturated carbocycles. The molecule has 0 bridgehead atoms. The highest BCUT2D eigenvalue weighted by Crippen LogP contribution is 2.36. The summed E-state index contributed by atoms with van der Waals surface area (Å²) in [5, 5.41) is 13.8. The standard InChI is InChI=1S/C28H30N4O3/c33-25(20-30-16-18-31(19-17-30)24-14-8-3-9-15-24)21-32-26(34)28(29-27(32)35,22-10-4-1-5-11-22)23-12-6-2-7-13-23/h1-15,25,33H,16-21H2,(H,29,35). The first-order valence-electron chi connectivity index (χ1n) is 12.0. The third kappa shape index (κ3) is 4.52. The van der Waals surface area contributed by atoms with E-state index >= 15 is 0 Å². The molecule has 1 unspecified atom stereocenters. The Morgan fingerprint density at radius 1 is 0.743 bits per heavy atom. The fraction of sp³-hybridized carbons (Fsp3) is 0.286. The zero-order valence-corrected chi connectivity index (χ0v) is 19.6. The van der Waals surface area contributed by atoms with Crippen LogP contribution in [0.5, 0.6) is 0 Å². The summed E-state index contributed by atoms with van der Waals surface area (Å²) in [5.41, 5.74) is 1.28. The molecule has 0 spiro atoms. The van der Waals surface area contributed by atoms with Crippen molar-refractivity contribution < 1.29 is 14.7 Å². The highest BCUT2D eigenvalue weighted by molar-refractivity contribution is 6.09. The molecule has 2 N–H and O–H groups in total. The Balaban J connectivity index is 1.27. The van der Waals surface area contributed by atoms with E-state index in [1.807, 2.05) is 78.9 Å². The van der Waals surface area contributed by atoms with Gasteiger partial charge in [-0.05, 0) is 23.3 Å². The number of rotatable bonds is 7. The summed E-state index contributed by atoms with van der Waals surface area (Å²) < 4.78 is 0. The summed E-state index contributed by atoms with van der Waals surface area (Å²) in [6, 6.07) is 28.3. The van der Waals surface area contributed by atoms with Crippen LogP contribution in [0.1, 0.15) is 11.1 Å². The zero-order chi connectivity index (χ0) is 24.3. The second-order valence-electron chi connectivity index (χ2n) is 9.10. The highest BCUT2D eigenvalue weighted by atomic mass is 16.3. The number of aliphatic hydroxyl groups is 1. The number of piperazine rings is 1. The molecule has 2 aliphatic rings. The van der Waals surface area contributed by atoms with E-state index in [1.165, 1.54) is 5.69 Å². The molecule has 1 atom stereocenters. The molecule has 2 heterocycles. The monoisotopic (exact) mass is 470 g/mol. The molecule has 3 aromatic rings. The number of hydrogen-bond acceptors (Lipinski definition) is 5. The fourth-order valence-corrected chi connectivity index (χ4v) is 5.07. The molecule has 3 amide bonds. The van der Waals surface area contributed by atoms with E-state index in [0.717, 1.165) is 31.1 Å². The Bertz CT molecular complexity index is 1110. The number of nitrogens with one attached hydrogen (secondary N) is 1. The maximum Gasteiger partial charge on any atom is 0.325 e. The number of β-amino-alcohol motifs (C(OH)–C–C–N with tert-alkyl or cyclic N) is 1. The molecule has 7 nitrogen and oxygen atoms in total. The minimum absolute atomic E-state index is 0.0506. The molecule has 35 heavy (non-hydrogen) atoms. The van der Waals surface area contributed by atoms with Crippen molar-refractivity contribution in [1.82, 2.24) is 15.1 Å². The van der Waals surface area contributed by atoms with Gasteiger partial charge in [0.1, 0.15) is 0 Å². The SMILES string of the molecule is O=C1NC(c2ccccc2)(c2ccccc2)C(=O)N1CC(O)CN1CCN(c2ccccc2)CC1. The lowest BCUT2D eigenvalue weighted by Crippen LogP contribution is -2.51. The Kier molecular flexibility index (Phi) is 6.53. The van der Waals surface area contributed by atoms with Gasteiger partial charge in [-0.3, -0.25) is 14.6 Å². The molecule has 2 fully saturated rings. The summed E-state index contributed by atoms with van der Waals surface area (Å²) in [6.07, 6.45) is -0.838. The average Bonchev–Trinajstić information content (AvgIpc) is 3.16. The van der Waals surface area contributed by atoms with Crippen molar-refractivity contribution in [2.45, 2.75) is 11.6 Å². The lowest BCUT2D eigenvalue weighted by Gasteiger charge is -2.37. The Morgan fingerprint density at radius 3 is 1.80 bits per heavy atom. The molecule has 0 aromatic heterocycles. The minimum Gasteiger partial charge on any atom is -0.390 e. The molecule has 3 aromatic carbocycles. The maximum atomic E-state index is 13.8. The predicted molar refractivity (Wildman–Crippen MR) is 135 cm³/mol. The molecule has 0 aliphatic carbocycles. The zero-order valence-electron chi connectivity index (χ0n) is 19.6. The fourth-order valence-electron chi connectivity index (χ4n) is 5.07. The predicted octanol–water partition coefficient (Wildman–Crippen LogP) is 2.67. The van der Waals surface area contributed by atoms with Gasteiger partial charge in [-0.15, -0.1) is 0 Å². The third-order valence-corrected chi connectivity index (χ3v) is 6.88. The third-order valence-electron chi connectivity index (χ3n) is 6.88. The molecular weight excluding hydrogens is 440 g/mol. The summed E-state index contributed by atoms with van der Waals surface area (Å²) in [4.78, 5) is 32.5. The summed E-state index contributed by atoms with van der Waals surface area (Å²) in [5.74, 6) is -0.368. The van der Waals surface area contributed by atoms with E-state index in [1.54, 1.807) is 0 Å². The number of carbonyl (C=O) groups is 2. The van der Waals surface area contributed by atoms with Crippen LogP contribution in [0.15, 0.2) is 91.0 Å². The van der Waals surface area contributed by atoms with Crippen LogP contribution in [0.2, 0.25) is 0 Å². The summed E-state index contributed by atoms with van der Waals surface area (Å²) in [6.45, 7) is 3.71. The number of para-hydroxylation sites is 1. The number of hydrogen-bond donors (Lipinski definition) is 2. The van der Waals surface area contributed by atoms with Crippen LogP contribution in [-0.4, -0.2) is 72.2 Å². The average molecular weight is 471 g/mol. The van der Waals surface area contributed by atoms with Gasteiger partial charge in [-0.1, -0.05) is 78.9 Å². The van der Waals surface area contributed by atoms with Crippen LogP contribution < -0.4 is 10.2 Å². The molecular formula is C28H30N4O3. The molecule has 180 valence electrons. The van der Waals surface area contributed by atoms with Gasteiger partial charge in [0.2, 0.25) is 0 Å². The van der Waals surface area contributed by atoms with Crippen LogP contribution in [-0.2, 0) is 10.3 Å². The second kappa shape index (κ2) is 9.90. The first-order valence-corrected chi connectivity index (χ1v) is 12.0. The van der Waals surface area contributed by atoms with E-state index < -0.39 is 17.7 Å². The first-order chi connectivity index (χ1) is 17.1. The van der Waals surface area contributed by atoms with Gasteiger partial charge in [-0.2, -0.15) is 0 Å². The first kappa shape index (κ1) is 23.1. The van der Waals surface area contributed by atoms with Gasteiger partial charge in [-0.25, -0.2) is 4.79 Å². The number of carbonyl (C=O) groups excluding carboxylic acids is 2. The van der Waals surface area contributed by atoms with E-state index in [0.29, 0.717) is 17.7 Å². The van der Waals surface area contributed by atoms with Crippen molar-refractivity contribution in [3.05, 3.63) is 102 Å². The normalized spacial score (nSPS) is 19.0. The Hall–Kier alpha value is -3.68. The van der Waals surface area contributed by atoms with Gasteiger partial charge in [0, 0.05) is 38.4 Å². The number of aliphatic hydroxyl groups excluding tert-OH is 1. The number of urea groups is 1. The van der Waals surface area contributed by atoms with Crippen molar-refractivity contribution in [2.24, 2.45) is 0 Å². The number of amides is 3. The van der Waals surface area contributed by atoms with Crippen LogP contribution in [0.3, 0.4) is 0 Å². The van der Waals surface area contributed by atoms with Crippen LogP contribution in [0.4, 0.5) is 10.5 Å².